The molecular weight excluding hydrogens is 447 g/mol. The number of ether oxygens (including phenoxy) is 2. The van der Waals surface area contributed by atoms with Crippen LogP contribution in [0.4, 0.5) is 10.1 Å². The molecular formula is C22H19FN6O5. The summed E-state index contributed by atoms with van der Waals surface area (Å²) in [6.07, 6.45) is 0. The second-order valence-electron chi connectivity index (χ2n) is 7.49. The summed E-state index contributed by atoms with van der Waals surface area (Å²) in [5.74, 6) is 0.104. The maximum absolute atomic E-state index is 13.3. The fraction of sp³-hybridized carbons (Fsp3) is 0.273. The number of halogens is 1. The topological polar surface area (TPSA) is 123 Å². The lowest BCUT2D eigenvalue weighted by Gasteiger charge is -2.19. The highest BCUT2D eigenvalue weighted by atomic mass is 19.1. The summed E-state index contributed by atoms with van der Waals surface area (Å²) in [5, 5.41) is 13.3. The molecule has 2 aromatic carbocycles. The van der Waals surface area contributed by atoms with Crippen molar-refractivity contribution in [3.63, 3.8) is 0 Å². The van der Waals surface area contributed by atoms with E-state index in [4.69, 9.17) is 14.0 Å². The Balaban J connectivity index is 1.34. The highest BCUT2D eigenvalue weighted by Gasteiger charge is 2.55. The SMILES string of the molecule is CCOc1ccc(-c2noc(CN3N=N[C@@H]4C(=O)N(c5ccc(F)cc5)C(=O)[C@@H]43)n2)cc1OC. The van der Waals surface area contributed by atoms with Gasteiger partial charge in [0.05, 0.1) is 19.4 Å². The molecule has 2 aliphatic heterocycles. The van der Waals surface area contributed by atoms with Crippen molar-refractivity contribution in [1.29, 1.82) is 0 Å². The van der Waals surface area contributed by atoms with E-state index in [1.54, 1.807) is 18.2 Å². The van der Waals surface area contributed by atoms with Crippen LogP contribution < -0.4 is 14.4 Å². The number of fused-ring (bicyclic) bond motifs is 1. The van der Waals surface area contributed by atoms with E-state index in [9.17, 15) is 14.0 Å². The zero-order chi connectivity index (χ0) is 23.8. The third kappa shape index (κ3) is 3.62. The molecule has 0 aliphatic carbocycles. The molecule has 0 spiro atoms. The smallest absolute Gasteiger partial charge is 0.263 e. The maximum atomic E-state index is 13.3. The third-order valence-corrected chi connectivity index (χ3v) is 5.43. The Morgan fingerprint density at radius 2 is 1.88 bits per heavy atom. The van der Waals surface area contributed by atoms with E-state index >= 15 is 0 Å². The number of carbonyl (C=O) groups excluding carboxylic acids is 2. The molecule has 2 atom stereocenters. The van der Waals surface area contributed by atoms with Crippen LogP contribution in [0.3, 0.4) is 0 Å². The molecule has 12 heteroatoms. The molecule has 3 aromatic rings. The van der Waals surface area contributed by atoms with Gasteiger partial charge in [-0.05, 0) is 49.4 Å². The van der Waals surface area contributed by atoms with Gasteiger partial charge >= 0.3 is 0 Å². The second kappa shape index (κ2) is 8.54. The molecule has 11 nitrogen and oxygen atoms in total. The van der Waals surface area contributed by atoms with Crippen LogP contribution in [0.5, 0.6) is 11.5 Å². The predicted octanol–water partition coefficient (Wildman–Crippen LogP) is 2.78. The van der Waals surface area contributed by atoms with E-state index in [1.807, 2.05) is 6.92 Å². The molecule has 1 saturated heterocycles. The van der Waals surface area contributed by atoms with E-state index in [0.29, 0.717) is 29.5 Å². The number of rotatable bonds is 7. The van der Waals surface area contributed by atoms with Crippen molar-refractivity contribution in [2.75, 3.05) is 18.6 Å². The normalized spacial score (nSPS) is 19.1. The van der Waals surface area contributed by atoms with E-state index < -0.39 is 29.7 Å². The van der Waals surface area contributed by atoms with Crippen molar-refractivity contribution in [2.45, 2.75) is 25.6 Å². The number of anilines is 1. The fourth-order valence-electron chi connectivity index (χ4n) is 3.85. The van der Waals surface area contributed by atoms with E-state index in [2.05, 4.69) is 20.5 Å². The molecule has 0 bridgehead atoms. The van der Waals surface area contributed by atoms with Crippen LogP contribution in [0.1, 0.15) is 12.8 Å². The van der Waals surface area contributed by atoms with Gasteiger partial charge < -0.3 is 14.0 Å². The Bertz CT molecular complexity index is 1280. The molecule has 174 valence electrons. The van der Waals surface area contributed by atoms with Crippen LogP contribution in [0.15, 0.2) is 57.3 Å². The molecule has 0 unspecified atom stereocenters. The van der Waals surface area contributed by atoms with Gasteiger partial charge in [0.1, 0.15) is 12.4 Å². The van der Waals surface area contributed by atoms with Crippen molar-refractivity contribution < 1.29 is 28.0 Å². The van der Waals surface area contributed by atoms with Gasteiger partial charge in [0.25, 0.3) is 11.8 Å². The Hall–Kier alpha value is -4.35. The van der Waals surface area contributed by atoms with Crippen LogP contribution in [0, 0.1) is 5.82 Å². The Morgan fingerprint density at radius 3 is 2.62 bits per heavy atom. The van der Waals surface area contributed by atoms with Crippen molar-refractivity contribution in [3.05, 3.63) is 54.2 Å². The van der Waals surface area contributed by atoms with Crippen LogP contribution in [0.25, 0.3) is 11.4 Å². The summed E-state index contributed by atoms with van der Waals surface area (Å²) in [6, 6.07) is 8.40. The predicted molar refractivity (Wildman–Crippen MR) is 114 cm³/mol. The first-order valence-electron chi connectivity index (χ1n) is 10.4. The Labute approximate surface area is 192 Å². The molecule has 2 aliphatic rings. The lowest BCUT2D eigenvalue weighted by molar-refractivity contribution is -0.123. The van der Waals surface area contributed by atoms with Gasteiger partial charge in [-0.1, -0.05) is 10.4 Å². The van der Waals surface area contributed by atoms with Gasteiger partial charge in [0.15, 0.2) is 23.6 Å². The van der Waals surface area contributed by atoms with Crippen LogP contribution in [-0.4, -0.2) is 52.8 Å². The summed E-state index contributed by atoms with van der Waals surface area (Å²) in [4.78, 5) is 31.1. The minimum absolute atomic E-state index is 0.0257. The highest BCUT2D eigenvalue weighted by Crippen LogP contribution is 2.34. The number of benzene rings is 2. The van der Waals surface area contributed by atoms with Crippen LogP contribution >= 0.6 is 0 Å². The fourth-order valence-corrected chi connectivity index (χ4v) is 3.85. The van der Waals surface area contributed by atoms with Crippen LogP contribution in [0.2, 0.25) is 0 Å². The van der Waals surface area contributed by atoms with Gasteiger partial charge in [0.2, 0.25) is 11.7 Å². The molecule has 0 saturated carbocycles. The highest BCUT2D eigenvalue weighted by molar-refractivity contribution is 6.25. The monoisotopic (exact) mass is 466 g/mol. The summed E-state index contributed by atoms with van der Waals surface area (Å²) in [6.45, 7) is 2.34. The van der Waals surface area contributed by atoms with E-state index in [-0.39, 0.29) is 18.1 Å². The van der Waals surface area contributed by atoms with Gasteiger partial charge in [0, 0.05) is 5.56 Å². The van der Waals surface area contributed by atoms with Crippen LogP contribution in [-0.2, 0) is 16.1 Å². The summed E-state index contributed by atoms with van der Waals surface area (Å²) in [5.41, 5.74) is 0.913. The summed E-state index contributed by atoms with van der Waals surface area (Å²) >= 11 is 0. The molecule has 3 heterocycles. The zero-order valence-electron chi connectivity index (χ0n) is 18.2. The largest absolute Gasteiger partial charge is 0.493 e. The van der Waals surface area contributed by atoms with Gasteiger partial charge in [-0.15, -0.1) is 0 Å². The molecule has 1 aromatic heterocycles. The molecule has 0 radical (unpaired) electrons. The minimum atomic E-state index is -0.990. The molecule has 34 heavy (non-hydrogen) atoms. The number of amides is 2. The third-order valence-electron chi connectivity index (χ3n) is 5.43. The average Bonchev–Trinajstić information content (AvgIpc) is 3.53. The lowest BCUT2D eigenvalue weighted by Crippen LogP contribution is -2.39. The molecule has 5 rings (SSSR count). The quantitative estimate of drug-likeness (QED) is 0.487. The number of imide groups is 1. The van der Waals surface area contributed by atoms with Crippen molar-refractivity contribution >= 4 is 17.5 Å². The van der Waals surface area contributed by atoms with Crippen molar-refractivity contribution in [2.24, 2.45) is 10.3 Å². The number of hydrogen-bond acceptors (Lipinski definition) is 10. The number of aromatic nitrogens is 2. The van der Waals surface area contributed by atoms with Gasteiger partial charge in [-0.2, -0.15) is 10.1 Å². The lowest BCUT2D eigenvalue weighted by atomic mass is 10.1. The summed E-state index contributed by atoms with van der Waals surface area (Å²) in [7, 11) is 1.53. The first-order valence-corrected chi connectivity index (χ1v) is 10.4. The van der Waals surface area contributed by atoms with Crippen molar-refractivity contribution in [3.8, 4) is 22.9 Å². The van der Waals surface area contributed by atoms with Gasteiger partial charge in [-0.25, -0.2) is 9.29 Å². The minimum Gasteiger partial charge on any atom is -0.493 e. The van der Waals surface area contributed by atoms with Crippen molar-refractivity contribution in [1.82, 2.24) is 15.1 Å². The maximum Gasteiger partial charge on any atom is 0.263 e. The van der Waals surface area contributed by atoms with E-state index in [1.165, 1.54) is 36.4 Å². The van der Waals surface area contributed by atoms with Gasteiger partial charge in [-0.3, -0.25) is 14.6 Å². The number of carbonyl (C=O) groups is 2. The molecule has 2 amide bonds. The standard InChI is InChI=1S/C22H19FN6O5/c1-3-33-15-9-4-12(10-16(15)32-2)20-24-17(34-26-20)11-28-19-18(25-27-28)21(30)29(22(19)31)14-7-5-13(23)6-8-14/h4-10,18-19H,3,11H2,1-2H3/t18-,19+/m0/s1. The molecule has 1 fully saturated rings. The number of nitrogens with zero attached hydrogens (tertiary/aromatic N) is 6. The molecule has 0 N–H and O–H groups in total. The van der Waals surface area contributed by atoms with E-state index in [0.717, 1.165) is 4.90 Å². The number of hydrogen-bond donors (Lipinski definition) is 0. The Morgan fingerprint density at radius 1 is 1.09 bits per heavy atom. The first-order chi connectivity index (χ1) is 16.5. The first kappa shape index (κ1) is 21.5. The number of methoxy groups -OCH3 is 1. The summed E-state index contributed by atoms with van der Waals surface area (Å²) < 4.78 is 29.5. The second-order valence-corrected chi connectivity index (χ2v) is 7.49. The average molecular weight is 466 g/mol. The zero-order valence-corrected chi connectivity index (χ0v) is 18.2. The Kier molecular flexibility index (Phi) is 5.40.